The number of hydrogen-bond acceptors (Lipinski definition) is 3. The van der Waals surface area contributed by atoms with E-state index in [1.807, 2.05) is 6.92 Å². The summed E-state index contributed by atoms with van der Waals surface area (Å²) < 4.78 is 0. The van der Waals surface area contributed by atoms with Crippen molar-refractivity contribution in [3.63, 3.8) is 0 Å². The van der Waals surface area contributed by atoms with Crippen molar-refractivity contribution in [1.82, 2.24) is 9.80 Å². The Morgan fingerprint density at radius 1 is 1.04 bits per heavy atom. The molecule has 26 heavy (non-hydrogen) atoms. The number of amides is 3. The molecule has 0 aromatic carbocycles. The van der Waals surface area contributed by atoms with Gasteiger partial charge in [0.2, 0.25) is 5.91 Å². The van der Waals surface area contributed by atoms with Gasteiger partial charge in [-0.15, -0.1) is 0 Å². The number of carbonyl (C=O) groups is 2. The first kappa shape index (κ1) is 19.7. The number of nitrogens with zero attached hydrogens (tertiary/aromatic N) is 2. The molecule has 3 rings (SSSR count). The van der Waals surface area contributed by atoms with E-state index in [1.165, 1.54) is 30.6 Å². The number of imide groups is 1. The van der Waals surface area contributed by atoms with Gasteiger partial charge < -0.3 is 10.0 Å². The zero-order valence-corrected chi connectivity index (χ0v) is 16.7. The lowest BCUT2D eigenvalue weighted by Gasteiger charge is -2.36. The lowest BCUT2D eigenvalue weighted by molar-refractivity contribution is -0.139. The summed E-state index contributed by atoms with van der Waals surface area (Å²) in [6.45, 7) is 3.88. The number of aliphatic hydroxyl groups is 1. The number of hydrogen-bond donors (Lipinski definition) is 1. The van der Waals surface area contributed by atoms with Gasteiger partial charge in [0.1, 0.15) is 0 Å². The SMILES string of the molecule is C[C@@H](C(=O)N1C(=O)N(C)[C@@H](C)[C@H]1C1CCCCC1)[C@@H](O)C1CCCCC1. The van der Waals surface area contributed by atoms with Gasteiger partial charge in [-0.3, -0.25) is 9.69 Å². The maximum Gasteiger partial charge on any atom is 0.327 e. The molecule has 2 aliphatic carbocycles. The van der Waals surface area contributed by atoms with Crippen molar-refractivity contribution in [2.24, 2.45) is 17.8 Å². The highest BCUT2D eigenvalue weighted by Gasteiger charge is 2.50. The van der Waals surface area contributed by atoms with E-state index in [2.05, 4.69) is 6.92 Å². The molecule has 1 N–H and O–H groups in total. The summed E-state index contributed by atoms with van der Waals surface area (Å²) in [5, 5.41) is 10.8. The van der Waals surface area contributed by atoms with Crippen LogP contribution in [0, 0.1) is 17.8 Å². The van der Waals surface area contributed by atoms with Crippen molar-refractivity contribution in [1.29, 1.82) is 0 Å². The smallest absolute Gasteiger partial charge is 0.327 e. The Kier molecular flexibility index (Phi) is 6.26. The molecule has 3 amide bonds. The molecule has 1 aliphatic heterocycles. The zero-order valence-electron chi connectivity index (χ0n) is 16.7. The number of urea groups is 1. The molecule has 0 spiro atoms. The first-order valence-corrected chi connectivity index (χ1v) is 10.7. The molecule has 1 heterocycles. The van der Waals surface area contributed by atoms with Crippen LogP contribution in [0.2, 0.25) is 0 Å². The summed E-state index contributed by atoms with van der Waals surface area (Å²) in [5.41, 5.74) is 0. The van der Waals surface area contributed by atoms with Crippen LogP contribution in [0.25, 0.3) is 0 Å². The highest BCUT2D eigenvalue weighted by atomic mass is 16.3. The van der Waals surface area contributed by atoms with Gasteiger partial charge >= 0.3 is 6.03 Å². The van der Waals surface area contributed by atoms with Crippen LogP contribution in [0.3, 0.4) is 0 Å². The fourth-order valence-corrected chi connectivity index (χ4v) is 5.49. The summed E-state index contributed by atoms with van der Waals surface area (Å²) in [6, 6.07) is -0.171. The Bertz CT molecular complexity index is 511. The molecule has 0 bridgehead atoms. The van der Waals surface area contributed by atoms with E-state index in [0.29, 0.717) is 5.92 Å². The quantitative estimate of drug-likeness (QED) is 0.825. The van der Waals surface area contributed by atoms with Gasteiger partial charge in [-0.1, -0.05) is 45.4 Å². The Labute approximate surface area is 158 Å². The average molecular weight is 365 g/mol. The fourth-order valence-electron chi connectivity index (χ4n) is 5.49. The van der Waals surface area contributed by atoms with Gasteiger partial charge in [0.25, 0.3) is 0 Å². The van der Waals surface area contributed by atoms with E-state index in [-0.39, 0.29) is 29.9 Å². The van der Waals surface area contributed by atoms with Gasteiger partial charge in [-0.25, -0.2) is 4.79 Å². The van der Waals surface area contributed by atoms with Crippen LogP contribution >= 0.6 is 0 Å². The topological polar surface area (TPSA) is 60.9 Å². The number of aliphatic hydroxyl groups excluding tert-OH is 1. The highest BCUT2D eigenvalue weighted by Crippen LogP contribution is 2.37. The maximum atomic E-state index is 13.3. The van der Waals surface area contributed by atoms with E-state index in [0.717, 1.165) is 38.5 Å². The first-order valence-electron chi connectivity index (χ1n) is 10.7. The van der Waals surface area contributed by atoms with Crippen LogP contribution in [0.15, 0.2) is 0 Å². The second kappa shape index (κ2) is 8.28. The van der Waals surface area contributed by atoms with Crippen molar-refractivity contribution >= 4 is 11.9 Å². The van der Waals surface area contributed by atoms with Crippen LogP contribution in [0.1, 0.15) is 78.1 Å². The molecule has 3 aliphatic rings. The molecule has 148 valence electrons. The summed E-state index contributed by atoms with van der Waals surface area (Å²) >= 11 is 0. The van der Waals surface area contributed by atoms with E-state index >= 15 is 0 Å². The number of rotatable bonds is 4. The summed E-state index contributed by atoms with van der Waals surface area (Å²) in [5.74, 6) is -0.0778. The van der Waals surface area contributed by atoms with Gasteiger partial charge in [-0.2, -0.15) is 0 Å². The highest BCUT2D eigenvalue weighted by molar-refractivity contribution is 5.97. The van der Waals surface area contributed by atoms with Crippen molar-refractivity contribution in [2.45, 2.75) is 96.2 Å². The first-order chi connectivity index (χ1) is 12.4. The third kappa shape index (κ3) is 3.64. The molecule has 3 fully saturated rings. The number of carbonyl (C=O) groups excluding carboxylic acids is 2. The molecule has 4 atom stereocenters. The van der Waals surface area contributed by atoms with Crippen LogP contribution in [-0.2, 0) is 4.79 Å². The van der Waals surface area contributed by atoms with Gasteiger partial charge in [0.05, 0.1) is 24.1 Å². The molecule has 0 radical (unpaired) electrons. The Morgan fingerprint density at radius 3 is 2.15 bits per heavy atom. The minimum atomic E-state index is -0.635. The van der Waals surface area contributed by atoms with E-state index in [4.69, 9.17) is 0 Å². The third-order valence-corrected chi connectivity index (χ3v) is 7.32. The minimum Gasteiger partial charge on any atom is -0.392 e. The predicted molar refractivity (Wildman–Crippen MR) is 102 cm³/mol. The van der Waals surface area contributed by atoms with Crippen LogP contribution in [0.5, 0.6) is 0 Å². The van der Waals surface area contributed by atoms with E-state index in [9.17, 15) is 14.7 Å². The fraction of sp³-hybridized carbons (Fsp3) is 0.905. The molecule has 0 unspecified atom stereocenters. The van der Waals surface area contributed by atoms with Gasteiger partial charge in [0, 0.05) is 7.05 Å². The van der Waals surface area contributed by atoms with Crippen LogP contribution in [-0.4, -0.2) is 52.1 Å². The Hall–Kier alpha value is -1.10. The van der Waals surface area contributed by atoms with Crippen molar-refractivity contribution < 1.29 is 14.7 Å². The van der Waals surface area contributed by atoms with E-state index in [1.54, 1.807) is 11.9 Å². The molecule has 5 nitrogen and oxygen atoms in total. The largest absolute Gasteiger partial charge is 0.392 e. The molecule has 2 saturated carbocycles. The molecule has 5 heteroatoms. The standard InChI is InChI=1S/C21H36N2O3/c1-14(19(24)17-12-8-5-9-13-17)20(25)23-18(15(2)22(3)21(23)26)16-10-6-4-7-11-16/h14-19,24H,4-13H2,1-3H3/t14-,15+,18+,19-/m1/s1. The van der Waals surface area contributed by atoms with Gasteiger partial charge in [-0.05, 0) is 44.4 Å². The predicted octanol–water partition coefficient (Wildman–Crippen LogP) is 3.80. The van der Waals surface area contributed by atoms with Crippen molar-refractivity contribution in [2.75, 3.05) is 7.05 Å². The molecular formula is C21H36N2O3. The van der Waals surface area contributed by atoms with Crippen LogP contribution in [0.4, 0.5) is 4.79 Å². The molecule has 0 aromatic heterocycles. The lowest BCUT2D eigenvalue weighted by atomic mass is 9.79. The summed E-state index contributed by atoms with van der Waals surface area (Å²) in [7, 11) is 1.80. The summed E-state index contributed by atoms with van der Waals surface area (Å²) in [6.07, 6.45) is 10.7. The van der Waals surface area contributed by atoms with Crippen LogP contribution < -0.4 is 0 Å². The lowest BCUT2D eigenvalue weighted by Crippen LogP contribution is -2.50. The second-order valence-electron chi connectivity index (χ2n) is 8.91. The monoisotopic (exact) mass is 364 g/mol. The molecule has 1 saturated heterocycles. The van der Waals surface area contributed by atoms with Crippen molar-refractivity contribution in [3.05, 3.63) is 0 Å². The number of likely N-dealkylation sites (N-methyl/N-ethyl adjacent to an activating group) is 1. The third-order valence-electron chi connectivity index (χ3n) is 7.32. The second-order valence-corrected chi connectivity index (χ2v) is 8.91. The summed E-state index contributed by atoms with van der Waals surface area (Å²) in [4.78, 5) is 29.4. The van der Waals surface area contributed by atoms with E-state index < -0.39 is 12.0 Å². The van der Waals surface area contributed by atoms with Gasteiger partial charge in [0.15, 0.2) is 0 Å². The minimum absolute atomic E-state index is 0.0405. The van der Waals surface area contributed by atoms with Crippen molar-refractivity contribution in [3.8, 4) is 0 Å². The molecule has 0 aromatic rings. The average Bonchev–Trinajstić information content (AvgIpc) is 2.91. The normalized spacial score (nSPS) is 31.3. The Morgan fingerprint density at radius 2 is 1.58 bits per heavy atom. The maximum absolute atomic E-state index is 13.3. The zero-order chi connectivity index (χ0) is 18.8. The molecular weight excluding hydrogens is 328 g/mol. The Balaban J connectivity index is 1.76.